The second-order valence-corrected chi connectivity index (χ2v) is 3.06. The number of hydrogen-bond donors (Lipinski definition) is 0. The zero-order valence-corrected chi connectivity index (χ0v) is 8.08. The summed E-state index contributed by atoms with van der Waals surface area (Å²) in [5.74, 6) is 0.640. The Labute approximate surface area is 85.5 Å². The van der Waals surface area contributed by atoms with E-state index in [4.69, 9.17) is 4.74 Å². The Hall–Kier alpha value is -1.71. The van der Waals surface area contributed by atoms with E-state index in [1.54, 1.807) is 24.3 Å². The van der Waals surface area contributed by atoms with Crippen molar-refractivity contribution in [3.63, 3.8) is 0 Å². The molecule has 0 saturated carbocycles. The van der Waals surface area contributed by atoms with Crippen LogP contribution in [-0.4, -0.2) is 12.1 Å². The van der Waals surface area contributed by atoms with Gasteiger partial charge in [-0.25, -0.2) is 13.8 Å². The third-order valence-electron chi connectivity index (χ3n) is 2.16. The van der Waals surface area contributed by atoms with Crippen LogP contribution < -0.4 is 4.74 Å². The molecule has 4 heteroatoms. The van der Waals surface area contributed by atoms with E-state index in [1.165, 1.54) is 13.2 Å². The number of rotatable bonds is 2. The minimum atomic E-state index is -2.54. The highest BCUT2D eigenvalue weighted by atomic mass is 19.3. The lowest BCUT2D eigenvalue weighted by Gasteiger charge is -2.05. The van der Waals surface area contributed by atoms with E-state index in [1.807, 2.05) is 0 Å². The van der Waals surface area contributed by atoms with Crippen molar-refractivity contribution in [2.24, 2.45) is 0 Å². The molecule has 0 bridgehead atoms. The molecule has 0 aliphatic heterocycles. The fraction of sp³-hybridized carbons (Fsp3) is 0.182. The Morgan fingerprint density at radius 3 is 2.67 bits per heavy atom. The summed E-state index contributed by atoms with van der Waals surface area (Å²) < 4.78 is 29.9. The van der Waals surface area contributed by atoms with Gasteiger partial charge in [0.15, 0.2) is 0 Å². The Morgan fingerprint density at radius 1 is 1.20 bits per heavy atom. The number of hydrogen-bond acceptors (Lipinski definition) is 2. The lowest BCUT2D eigenvalue weighted by atomic mass is 10.2. The van der Waals surface area contributed by atoms with Crippen LogP contribution in [0.5, 0.6) is 5.75 Å². The van der Waals surface area contributed by atoms with Gasteiger partial charge in [-0.3, -0.25) is 0 Å². The van der Waals surface area contributed by atoms with Crippen molar-refractivity contribution in [2.75, 3.05) is 7.11 Å². The first kappa shape index (κ1) is 9.83. The summed E-state index contributed by atoms with van der Waals surface area (Å²) in [6.07, 6.45) is -2.54. The smallest absolute Gasteiger partial charge is 0.280 e. The Morgan fingerprint density at radius 2 is 2.00 bits per heavy atom. The van der Waals surface area contributed by atoms with Gasteiger partial charge in [-0.05, 0) is 24.3 Å². The monoisotopic (exact) mass is 209 g/mol. The van der Waals surface area contributed by atoms with Gasteiger partial charge < -0.3 is 4.74 Å². The van der Waals surface area contributed by atoms with Gasteiger partial charge in [0.1, 0.15) is 11.4 Å². The molecule has 0 unspecified atom stereocenters. The number of aromatic nitrogens is 1. The fourth-order valence-corrected chi connectivity index (χ4v) is 1.44. The van der Waals surface area contributed by atoms with Gasteiger partial charge >= 0.3 is 0 Å². The molecule has 0 amide bonds. The van der Waals surface area contributed by atoms with E-state index in [0.717, 1.165) is 5.39 Å². The molecule has 0 spiro atoms. The number of ether oxygens (including phenoxy) is 1. The van der Waals surface area contributed by atoms with E-state index in [-0.39, 0.29) is 5.69 Å². The van der Waals surface area contributed by atoms with Crippen LogP contribution in [0.25, 0.3) is 10.9 Å². The predicted molar refractivity (Wildman–Crippen MR) is 53.3 cm³/mol. The summed E-state index contributed by atoms with van der Waals surface area (Å²) in [5.41, 5.74) is 0.308. The summed E-state index contributed by atoms with van der Waals surface area (Å²) in [5, 5.41) is 0.740. The first-order valence-electron chi connectivity index (χ1n) is 4.44. The zero-order chi connectivity index (χ0) is 10.8. The zero-order valence-electron chi connectivity index (χ0n) is 8.08. The van der Waals surface area contributed by atoms with Crippen LogP contribution in [0.2, 0.25) is 0 Å². The quantitative estimate of drug-likeness (QED) is 0.757. The molecule has 0 radical (unpaired) electrons. The third-order valence-corrected chi connectivity index (χ3v) is 2.16. The van der Waals surface area contributed by atoms with Crippen LogP contribution in [0.15, 0.2) is 30.3 Å². The highest BCUT2D eigenvalue weighted by Crippen LogP contribution is 2.26. The molecule has 2 aromatic rings. The van der Waals surface area contributed by atoms with Crippen LogP contribution in [-0.2, 0) is 0 Å². The van der Waals surface area contributed by atoms with Gasteiger partial charge in [-0.1, -0.05) is 6.07 Å². The van der Waals surface area contributed by atoms with E-state index in [0.29, 0.717) is 11.3 Å². The SMILES string of the molecule is COc1cccc2nc(C(F)F)ccc12. The van der Waals surface area contributed by atoms with Crippen LogP contribution in [0, 0.1) is 0 Å². The topological polar surface area (TPSA) is 22.1 Å². The van der Waals surface area contributed by atoms with Gasteiger partial charge in [0.05, 0.1) is 12.6 Å². The number of benzene rings is 1. The third kappa shape index (κ3) is 1.75. The molecule has 78 valence electrons. The largest absolute Gasteiger partial charge is 0.496 e. The lowest BCUT2D eigenvalue weighted by Crippen LogP contribution is -1.92. The molecule has 15 heavy (non-hydrogen) atoms. The van der Waals surface area contributed by atoms with Crippen molar-refractivity contribution in [3.05, 3.63) is 36.0 Å². The molecular formula is C11H9F2NO. The highest BCUT2D eigenvalue weighted by molar-refractivity contribution is 5.85. The number of halogens is 2. The van der Waals surface area contributed by atoms with Crippen molar-refractivity contribution in [1.29, 1.82) is 0 Å². The second-order valence-electron chi connectivity index (χ2n) is 3.06. The highest BCUT2D eigenvalue weighted by Gasteiger charge is 2.10. The van der Waals surface area contributed by atoms with Crippen molar-refractivity contribution in [1.82, 2.24) is 4.98 Å². The predicted octanol–water partition coefficient (Wildman–Crippen LogP) is 3.18. The molecule has 0 aliphatic carbocycles. The van der Waals surface area contributed by atoms with E-state index in [9.17, 15) is 8.78 Å². The first-order valence-corrected chi connectivity index (χ1v) is 4.44. The molecule has 1 heterocycles. The average molecular weight is 209 g/mol. The standard InChI is InChI=1S/C11H9F2NO/c1-15-10-4-2-3-8-7(10)5-6-9(14-8)11(12)13/h2-6,11H,1H3. The Bertz CT molecular complexity index is 485. The summed E-state index contributed by atoms with van der Waals surface area (Å²) in [6.45, 7) is 0. The number of pyridine rings is 1. The molecule has 2 nitrogen and oxygen atoms in total. The Kier molecular flexibility index (Phi) is 2.49. The number of methoxy groups -OCH3 is 1. The van der Waals surface area contributed by atoms with Gasteiger partial charge in [-0.15, -0.1) is 0 Å². The van der Waals surface area contributed by atoms with Crippen LogP contribution >= 0.6 is 0 Å². The summed E-state index contributed by atoms with van der Waals surface area (Å²) in [4.78, 5) is 3.85. The number of alkyl halides is 2. The molecule has 2 rings (SSSR count). The molecular weight excluding hydrogens is 200 g/mol. The van der Waals surface area contributed by atoms with Crippen LogP contribution in [0.4, 0.5) is 8.78 Å². The molecule has 0 saturated heterocycles. The molecule has 0 N–H and O–H groups in total. The van der Waals surface area contributed by atoms with Crippen molar-refractivity contribution in [3.8, 4) is 5.75 Å². The molecule has 0 fully saturated rings. The van der Waals surface area contributed by atoms with Gasteiger partial charge in [0.2, 0.25) is 0 Å². The maximum absolute atomic E-state index is 12.4. The van der Waals surface area contributed by atoms with Crippen molar-refractivity contribution < 1.29 is 13.5 Å². The van der Waals surface area contributed by atoms with Crippen LogP contribution in [0.3, 0.4) is 0 Å². The summed E-state index contributed by atoms with van der Waals surface area (Å²) in [6, 6.07) is 8.09. The second kappa shape index (κ2) is 3.81. The van der Waals surface area contributed by atoms with Gasteiger partial charge in [0.25, 0.3) is 6.43 Å². The van der Waals surface area contributed by atoms with Crippen molar-refractivity contribution >= 4 is 10.9 Å². The maximum atomic E-state index is 12.4. The number of nitrogens with zero attached hydrogens (tertiary/aromatic N) is 1. The average Bonchev–Trinajstić information content (AvgIpc) is 2.27. The first-order chi connectivity index (χ1) is 7.22. The normalized spacial score (nSPS) is 10.9. The fourth-order valence-electron chi connectivity index (χ4n) is 1.44. The molecule has 0 atom stereocenters. The summed E-state index contributed by atoms with van der Waals surface area (Å²) in [7, 11) is 1.54. The van der Waals surface area contributed by atoms with Gasteiger partial charge in [-0.2, -0.15) is 0 Å². The van der Waals surface area contributed by atoms with Gasteiger partial charge in [0, 0.05) is 5.39 Å². The molecule has 1 aromatic carbocycles. The van der Waals surface area contributed by atoms with Crippen molar-refractivity contribution in [2.45, 2.75) is 6.43 Å². The lowest BCUT2D eigenvalue weighted by molar-refractivity contribution is 0.146. The summed E-state index contributed by atoms with van der Waals surface area (Å²) >= 11 is 0. The van der Waals surface area contributed by atoms with E-state index >= 15 is 0 Å². The van der Waals surface area contributed by atoms with E-state index in [2.05, 4.69) is 4.98 Å². The minimum absolute atomic E-state index is 0.212. The number of fused-ring (bicyclic) bond motifs is 1. The molecule has 1 aromatic heterocycles. The molecule has 0 aliphatic rings. The minimum Gasteiger partial charge on any atom is -0.496 e. The Balaban J connectivity index is 2.63. The van der Waals surface area contributed by atoms with E-state index < -0.39 is 6.43 Å². The maximum Gasteiger partial charge on any atom is 0.280 e. The van der Waals surface area contributed by atoms with Crippen LogP contribution in [0.1, 0.15) is 12.1 Å².